The lowest BCUT2D eigenvalue weighted by molar-refractivity contribution is -0.108. The number of carbonyl (C=O) groups is 1. The Morgan fingerprint density at radius 1 is 1.38 bits per heavy atom. The Kier molecular flexibility index (Phi) is 2.56. The van der Waals surface area contributed by atoms with Gasteiger partial charge in [0.05, 0.1) is 12.1 Å². The lowest BCUT2D eigenvalue weighted by Gasteiger charge is -2.09. The highest BCUT2D eigenvalue weighted by molar-refractivity contribution is 5.82. The summed E-state index contributed by atoms with van der Waals surface area (Å²) in [4.78, 5) is 22.1. The van der Waals surface area contributed by atoms with Crippen LogP contribution in [0.3, 0.4) is 0 Å². The Morgan fingerprint density at radius 2 is 2.12 bits per heavy atom. The van der Waals surface area contributed by atoms with Crippen molar-refractivity contribution in [2.75, 3.05) is 0 Å². The Balaban J connectivity index is 2.91. The quantitative estimate of drug-likeness (QED) is 0.720. The van der Waals surface area contributed by atoms with Crippen LogP contribution in [0.15, 0.2) is 29.1 Å². The van der Waals surface area contributed by atoms with Gasteiger partial charge in [0.1, 0.15) is 12.1 Å². The molecule has 2 aromatic rings. The first-order chi connectivity index (χ1) is 7.63. The van der Waals surface area contributed by atoms with Gasteiger partial charge in [-0.25, -0.2) is 4.39 Å². The number of hydrogen-bond donors (Lipinski definition) is 0. The lowest BCUT2D eigenvalue weighted by Crippen LogP contribution is -2.21. The zero-order valence-corrected chi connectivity index (χ0v) is 8.74. The zero-order chi connectivity index (χ0) is 11.7. The molecule has 0 aliphatic carbocycles. The van der Waals surface area contributed by atoms with E-state index in [0.29, 0.717) is 11.8 Å². The summed E-state index contributed by atoms with van der Waals surface area (Å²) in [6.07, 6.45) is 0.626. The minimum Gasteiger partial charge on any atom is -0.301 e. The van der Waals surface area contributed by atoms with Crippen molar-refractivity contribution in [3.8, 4) is 0 Å². The van der Waals surface area contributed by atoms with E-state index in [4.69, 9.17) is 0 Å². The fourth-order valence-corrected chi connectivity index (χ4v) is 1.78. The first kappa shape index (κ1) is 10.5. The number of rotatable bonds is 2. The number of aldehydes is 1. The molecule has 0 bridgehead atoms. The minimum absolute atomic E-state index is 0.0565. The monoisotopic (exact) mass is 219 g/mol. The van der Waals surface area contributed by atoms with E-state index in [2.05, 4.69) is 0 Å². The topological polar surface area (TPSA) is 39.1 Å². The molecule has 0 fully saturated rings. The molecule has 82 valence electrons. The van der Waals surface area contributed by atoms with Crippen LogP contribution < -0.4 is 5.56 Å². The van der Waals surface area contributed by atoms with Gasteiger partial charge in [-0.3, -0.25) is 4.79 Å². The largest absolute Gasteiger partial charge is 0.301 e. The van der Waals surface area contributed by atoms with Crippen LogP contribution in [0.5, 0.6) is 0 Å². The van der Waals surface area contributed by atoms with Crippen molar-refractivity contribution in [2.24, 2.45) is 0 Å². The number of fused-ring (bicyclic) bond motifs is 1. The number of carbonyl (C=O) groups excluding carboxylic acids is 1. The SMILES string of the molecule is Cc1cc(=O)n(CC=O)c2cc(F)ccc12. The van der Waals surface area contributed by atoms with Gasteiger partial charge >= 0.3 is 0 Å². The average molecular weight is 219 g/mol. The van der Waals surface area contributed by atoms with Crippen molar-refractivity contribution in [1.82, 2.24) is 4.57 Å². The Labute approximate surface area is 91.1 Å². The molecule has 3 nitrogen and oxygen atoms in total. The van der Waals surface area contributed by atoms with Crippen molar-refractivity contribution in [1.29, 1.82) is 0 Å². The molecular weight excluding hydrogens is 209 g/mol. The molecule has 0 unspecified atom stereocenters. The molecule has 1 heterocycles. The minimum atomic E-state index is -0.419. The summed E-state index contributed by atoms with van der Waals surface area (Å²) in [5.41, 5.74) is 0.946. The molecule has 1 aromatic carbocycles. The molecule has 0 saturated carbocycles. The smallest absolute Gasteiger partial charge is 0.251 e. The van der Waals surface area contributed by atoms with Gasteiger partial charge in [0.15, 0.2) is 0 Å². The highest BCUT2D eigenvalue weighted by Crippen LogP contribution is 2.17. The predicted molar refractivity (Wildman–Crippen MR) is 59.0 cm³/mol. The van der Waals surface area contributed by atoms with E-state index in [9.17, 15) is 14.0 Å². The molecule has 0 amide bonds. The van der Waals surface area contributed by atoms with Crippen molar-refractivity contribution < 1.29 is 9.18 Å². The normalized spacial score (nSPS) is 10.6. The number of aryl methyl sites for hydroxylation is 1. The Bertz CT molecular complexity index is 616. The van der Waals surface area contributed by atoms with E-state index in [0.717, 1.165) is 10.9 Å². The van der Waals surface area contributed by atoms with Gasteiger partial charge in [0.25, 0.3) is 5.56 Å². The van der Waals surface area contributed by atoms with Gasteiger partial charge in [-0.2, -0.15) is 0 Å². The third kappa shape index (κ3) is 1.62. The fraction of sp³-hybridized carbons (Fsp3) is 0.167. The lowest BCUT2D eigenvalue weighted by atomic mass is 10.1. The van der Waals surface area contributed by atoms with E-state index in [1.165, 1.54) is 22.8 Å². The van der Waals surface area contributed by atoms with Crippen molar-refractivity contribution in [2.45, 2.75) is 13.5 Å². The Hall–Kier alpha value is -1.97. The highest BCUT2D eigenvalue weighted by Gasteiger charge is 2.06. The molecular formula is C12H10FNO2. The first-order valence-corrected chi connectivity index (χ1v) is 4.87. The molecule has 4 heteroatoms. The maximum absolute atomic E-state index is 13.1. The molecule has 0 atom stereocenters. The first-order valence-electron chi connectivity index (χ1n) is 4.87. The molecule has 1 aromatic heterocycles. The van der Waals surface area contributed by atoms with Crippen LogP contribution in [0.25, 0.3) is 10.9 Å². The molecule has 0 N–H and O–H groups in total. The molecule has 16 heavy (non-hydrogen) atoms. The number of nitrogens with zero attached hydrogens (tertiary/aromatic N) is 1. The second kappa shape index (κ2) is 3.89. The van der Waals surface area contributed by atoms with Gasteiger partial charge < -0.3 is 9.36 Å². The number of hydrogen-bond acceptors (Lipinski definition) is 2. The standard InChI is InChI=1S/C12H10FNO2/c1-8-6-12(16)14(4-5-15)11-7-9(13)2-3-10(8)11/h2-3,5-7H,4H2,1H3. The number of aromatic nitrogens is 1. The predicted octanol–water partition coefficient (Wildman–Crippen LogP) is 1.65. The summed E-state index contributed by atoms with van der Waals surface area (Å²) < 4.78 is 14.4. The molecule has 0 saturated heterocycles. The molecule has 0 aliphatic rings. The summed E-state index contributed by atoms with van der Waals surface area (Å²) in [7, 11) is 0. The third-order valence-electron chi connectivity index (χ3n) is 2.54. The van der Waals surface area contributed by atoms with E-state index in [1.54, 1.807) is 13.0 Å². The van der Waals surface area contributed by atoms with Crippen LogP contribution in [-0.2, 0) is 11.3 Å². The van der Waals surface area contributed by atoms with Crippen molar-refractivity contribution in [3.05, 3.63) is 46.0 Å². The van der Waals surface area contributed by atoms with Gasteiger partial charge in [0.2, 0.25) is 0 Å². The second-order valence-corrected chi connectivity index (χ2v) is 3.60. The fourth-order valence-electron chi connectivity index (χ4n) is 1.78. The van der Waals surface area contributed by atoms with Gasteiger partial charge in [-0.05, 0) is 30.7 Å². The van der Waals surface area contributed by atoms with E-state index >= 15 is 0 Å². The summed E-state index contributed by atoms with van der Waals surface area (Å²) in [5.74, 6) is -0.419. The average Bonchev–Trinajstić information content (AvgIpc) is 2.23. The summed E-state index contributed by atoms with van der Waals surface area (Å²) in [6.45, 7) is 1.73. The summed E-state index contributed by atoms with van der Waals surface area (Å²) in [5, 5.41) is 0.780. The number of benzene rings is 1. The number of halogens is 1. The maximum atomic E-state index is 13.1. The van der Waals surface area contributed by atoms with Crippen LogP contribution in [0, 0.1) is 12.7 Å². The molecule has 0 spiro atoms. The van der Waals surface area contributed by atoms with Crippen molar-refractivity contribution in [3.63, 3.8) is 0 Å². The molecule has 0 radical (unpaired) electrons. The van der Waals surface area contributed by atoms with Crippen LogP contribution in [0.4, 0.5) is 4.39 Å². The van der Waals surface area contributed by atoms with Gasteiger partial charge in [-0.1, -0.05) is 0 Å². The van der Waals surface area contributed by atoms with E-state index < -0.39 is 5.82 Å². The van der Waals surface area contributed by atoms with E-state index in [-0.39, 0.29) is 12.1 Å². The second-order valence-electron chi connectivity index (χ2n) is 3.60. The molecule has 0 aliphatic heterocycles. The third-order valence-corrected chi connectivity index (χ3v) is 2.54. The maximum Gasteiger partial charge on any atom is 0.251 e. The van der Waals surface area contributed by atoms with E-state index in [1.807, 2.05) is 0 Å². The van der Waals surface area contributed by atoms with Crippen LogP contribution in [-0.4, -0.2) is 10.9 Å². The van der Waals surface area contributed by atoms with Crippen molar-refractivity contribution >= 4 is 17.2 Å². The van der Waals surface area contributed by atoms with Crippen LogP contribution >= 0.6 is 0 Å². The van der Waals surface area contributed by atoms with Crippen LogP contribution in [0.1, 0.15) is 5.56 Å². The van der Waals surface area contributed by atoms with Gasteiger partial charge in [-0.15, -0.1) is 0 Å². The zero-order valence-electron chi connectivity index (χ0n) is 8.74. The highest BCUT2D eigenvalue weighted by atomic mass is 19.1. The number of pyridine rings is 1. The summed E-state index contributed by atoms with van der Waals surface area (Å²) in [6, 6.07) is 5.67. The summed E-state index contributed by atoms with van der Waals surface area (Å²) >= 11 is 0. The molecule has 2 rings (SSSR count). The Morgan fingerprint density at radius 3 is 2.81 bits per heavy atom. The van der Waals surface area contributed by atoms with Gasteiger partial charge in [0, 0.05) is 11.5 Å². The van der Waals surface area contributed by atoms with Crippen LogP contribution in [0.2, 0.25) is 0 Å².